The Kier molecular flexibility index (Phi) is 7.39. The number of likely N-dealkylation sites (tertiary alicyclic amines) is 1. The van der Waals surface area contributed by atoms with Crippen molar-refractivity contribution >= 4 is 17.6 Å². The van der Waals surface area contributed by atoms with Gasteiger partial charge in [-0.25, -0.2) is 4.79 Å². The van der Waals surface area contributed by atoms with Crippen molar-refractivity contribution in [1.82, 2.24) is 14.8 Å². The molecular weight excluding hydrogens is 428 g/mol. The predicted molar refractivity (Wildman–Crippen MR) is 134 cm³/mol. The van der Waals surface area contributed by atoms with E-state index in [2.05, 4.69) is 17.6 Å². The molecule has 182 valence electrons. The Morgan fingerprint density at radius 1 is 1.06 bits per heavy atom. The number of hydrogen-bond acceptors (Lipinski definition) is 3. The number of hydrogen-bond donors (Lipinski definition) is 2. The zero-order valence-corrected chi connectivity index (χ0v) is 20.4. The maximum atomic E-state index is 13.2. The molecule has 0 radical (unpaired) electrons. The second kappa shape index (κ2) is 10.5. The lowest BCUT2D eigenvalue weighted by molar-refractivity contribution is -0.118. The van der Waals surface area contributed by atoms with E-state index in [0.29, 0.717) is 19.6 Å². The summed E-state index contributed by atoms with van der Waals surface area (Å²) in [4.78, 5) is 40.3. The van der Waals surface area contributed by atoms with Crippen LogP contribution in [-0.2, 0) is 17.8 Å². The summed E-state index contributed by atoms with van der Waals surface area (Å²) in [5.41, 5.74) is 3.02. The molecule has 1 fully saturated rings. The van der Waals surface area contributed by atoms with Crippen molar-refractivity contribution in [2.45, 2.75) is 65.0 Å². The second-order valence-electron chi connectivity index (χ2n) is 10.1. The van der Waals surface area contributed by atoms with Crippen molar-refractivity contribution < 1.29 is 9.59 Å². The monoisotopic (exact) mass is 464 g/mol. The summed E-state index contributed by atoms with van der Waals surface area (Å²) in [5, 5.41) is 5.94. The molecule has 1 saturated heterocycles. The highest BCUT2D eigenvalue weighted by Crippen LogP contribution is 2.35. The number of fused-ring (bicyclic) bond motifs is 4. The molecule has 0 spiro atoms. The van der Waals surface area contributed by atoms with Gasteiger partial charge in [0.1, 0.15) is 6.04 Å². The van der Waals surface area contributed by atoms with Crippen LogP contribution < -0.4 is 16.2 Å². The van der Waals surface area contributed by atoms with Crippen LogP contribution in [0, 0.1) is 11.8 Å². The quantitative estimate of drug-likeness (QED) is 0.650. The Hall–Kier alpha value is -3.09. The zero-order valence-electron chi connectivity index (χ0n) is 20.4. The summed E-state index contributed by atoms with van der Waals surface area (Å²) >= 11 is 0. The number of benzene rings is 1. The summed E-state index contributed by atoms with van der Waals surface area (Å²) in [6, 6.07) is 12.5. The second-order valence-corrected chi connectivity index (χ2v) is 10.1. The number of nitrogens with zero attached hydrogens (tertiary/aromatic N) is 2. The lowest BCUT2D eigenvalue weighted by Crippen LogP contribution is -2.56. The summed E-state index contributed by atoms with van der Waals surface area (Å²) in [5.74, 6) is 0.120. The number of urea groups is 1. The Morgan fingerprint density at radius 2 is 1.82 bits per heavy atom. The van der Waals surface area contributed by atoms with Crippen molar-refractivity contribution in [3.8, 4) is 0 Å². The fourth-order valence-corrected chi connectivity index (χ4v) is 5.18. The van der Waals surface area contributed by atoms with Gasteiger partial charge in [0, 0.05) is 43.0 Å². The average molecular weight is 465 g/mol. The molecule has 7 heteroatoms. The third-order valence-corrected chi connectivity index (χ3v) is 7.04. The molecule has 4 rings (SSSR count). The normalized spacial score (nSPS) is 19.9. The fraction of sp³-hybridized carbons (Fsp3) is 0.519. The van der Waals surface area contributed by atoms with Crippen molar-refractivity contribution in [3.63, 3.8) is 0 Å². The van der Waals surface area contributed by atoms with Gasteiger partial charge in [0.25, 0.3) is 5.56 Å². The molecule has 0 saturated carbocycles. The van der Waals surface area contributed by atoms with Crippen LogP contribution in [0.25, 0.3) is 0 Å². The number of pyridine rings is 1. The SMILES string of the molecule is CCCCc1ccc(NC(=O)C(NC(=O)N2CC3CC(C2)c2cccc(=O)n2C3)C(C)C)cc1. The Balaban J connectivity index is 1.39. The molecule has 2 aromatic rings. The van der Waals surface area contributed by atoms with E-state index in [4.69, 9.17) is 0 Å². The van der Waals surface area contributed by atoms with Gasteiger partial charge in [-0.15, -0.1) is 0 Å². The number of aromatic nitrogens is 1. The molecule has 2 aliphatic heterocycles. The molecule has 0 aliphatic carbocycles. The van der Waals surface area contributed by atoms with E-state index < -0.39 is 6.04 Å². The molecule has 34 heavy (non-hydrogen) atoms. The minimum absolute atomic E-state index is 0.0278. The van der Waals surface area contributed by atoms with E-state index in [1.54, 1.807) is 12.1 Å². The molecular formula is C27H36N4O3. The van der Waals surface area contributed by atoms with E-state index in [1.165, 1.54) is 5.56 Å². The summed E-state index contributed by atoms with van der Waals surface area (Å²) < 4.78 is 1.85. The van der Waals surface area contributed by atoms with Crippen LogP contribution in [-0.4, -0.2) is 40.5 Å². The number of rotatable bonds is 7. The van der Waals surface area contributed by atoms with Crippen LogP contribution in [0.1, 0.15) is 57.2 Å². The highest BCUT2D eigenvalue weighted by atomic mass is 16.2. The third-order valence-electron chi connectivity index (χ3n) is 7.04. The number of carbonyl (C=O) groups excluding carboxylic acids is 2. The van der Waals surface area contributed by atoms with Gasteiger partial charge >= 0.3 is 6.03 Å². The van der Waals surface area contributed by atoms with Crippen LogP contribution >= 0.6 is 0 Å². The Bertz CT molecular complexity index is 1080. The van der Waals surface area contributed by atoms with E-state index in [0.717, 1.165) is 37.1 Å². The number of unbranched alkanes of at least 4 members (excludes halogenated alkanes) is 1. The van der Waals surface area contributed by atoms with Crippen LogP contribution in [0.5, 0.6) is 0 Å². The van der Waals surface area contributed by atoms with Gasteiger partial charge in [0.2, 0.25) is 5.91 Å². The minimum Gasteiger partial charge on any atom is -0.326 e. The topological polar surface area (TPSA) is 83.4 Å². The number of nitrogens with one attached hydrogen (secondary N) is 2. The van der Waals surface area contributed by atoms with Crippen molar-refractivity contribution in [2.75, 3.05) is 18.4 Å². The molecule has 3 atom stereocenters. The molecule has 2 N–H and O–H groups in total. The molecule has 1 aromatic heterocycles. The number of anilines is 1. The highest BCUT2D eigenvalue weighted by molar-refractivity contribution is 5.97. The van der Waals surface area contributed by atoms with Crippen LogP contribution in [0.4, 0.5) is 10.5 Å². The van der Waals surface area contributed by atoms with Crippen LogP contribution in [0.15, 0.2) is 47.3 Å². The number of aryl methyl sites for hydroxylation is 1. The van der Waals surface area contributed by atoms with E-state index >= 15 is 0 Å². The van der Waals surface area contributed by atoms with E-state index in [1.807, 2.05) is 53.6 Å². The van der Waals surface area contributed by atoms with Crippen LogP contribution in [0.3, 0.4) is 0 Å². The summed E-state index contributed by atoms with van der Waals surface area (Å²) in [7, 11) is 0. The maximum absolute atomic E-state index is 13.2. The number of amides is 3. The van der Waals surface area contributed by atoms with Gasteiger partial charge in [-0.3, -0.25) is 9.59 Å². The van der Waals surface area contributed by atoms with Gasteiger partial charge in [-0.2, -0.15) is 0 Å². The van der Waals surface area contributed by atoms with Crippen molar-refractivity contribution in [1.29, 1.82) is 0 Å². The van der Waals surface area contributed by atoms with Gasteiger partial charge in [0.15, 0.2) is 0 Å². The molecule has 2 aliphatic rings. The van der Waals surface area contributed by atoms with Crippen LogP contribution in [0.2, 0.25) is 0 Å². The zero-order chi connectivity index (χ0) is 24.2. The smallest absolute Gasteiger partial charge is 0.318 e. The van der Waals surface area contributed by atoms with Gasteiger partial charge in [-0.1, -0.05) is 45.4 Å². The predicted octanol–water partition coefficient (Wildman–Crippen LogP) is 3.98. The van der Waals surface area contributed by atoms with Gasteiger partial charge in [-0.05, 0) is 54.9 Å². The Labute approximate surface area is 201 Å². The first-order valence-corrected chi connectivity index (χ1v) is 12.5. The molecule has 1 aromatic carbocycles. The first kappa shape index (κ1) is 24.0. The summed E-state index contributed by atoms with van der Waals surface area (Å²) in [6.45, 7) is 7.83. The minimum atomic E-state index is -0.635. The molecule has 3 heterocycles. The molecule has 7 nitrogen and oxygen atoms in total. The number of piperidine rings is 1. The lowest BCUT2D eigenvalue weighted by Gasteiger charge is -2.43. The summed E-state index contributed by atoms with van der Waals surface area (Å²) in [6.07, 6.45) is 4.31. The first-order chi connectivity index (χ1) is 16.4. The third kappa shape index (κ3) is 5.34. The number of carbonyl (C=O) groups is 2. The van der Waals surface area contributed by atoms with Crippen molar-refractivity contribution in [2.24, 2.45) is 11.8 Å². The van der Waals surface area contributed by atoms with Gasteiger partial charge < -0.3 is 20.1 Å². The Morgan fingerprint density at radius 3 is 2.53 bits per heavy atom. The molecule has 3 unspecified atom stereocenters. The maximum Gasteiger partial charge on any atom is 0.318 e. The fourth-order valence-electron chi connectivity index (χ4n) is 5.18. The van der Waals surface area contributed by atoms with Gasteiger partial charge in [0.05, 0.1) is 0 Å². The lowest BCUT2D eigenvalue weighted by atomic mass is 9.83. The highest BCUT2D eigenvalue weighted by Gasteiger charge is 2.37. The van der Waals surface area contributed by atoms with Crippen molar-refractivity contribution in [3.05, 3.63) is 64.1 Å². The molecule has 2 bridgehead atoms. The standard InChI is InChI=1S/C27H36N4O3/c1-4-5-7-19-10-12-22(13-11-19)28-26(33)25(18(2)3)29-27(34)30-15-20-14-21(17-30)23-8-6-9-24(32)31(23)16-20/h6,8-13,18,20-21,25H,4-5,7,14-17H2,1-3H3,(H,28,33)(H,29,34). The first-order valence-electron chi connectivity index (χ1n) is 12.5. The average Bonchev–Trinajstić information content (AvgIpc) is 2.82. The largest absolute Gasteiger partial charge is 0.326 e. The molecule has 3 amide bonds. The van der Waals surface area contributed by atoms with E-state index in [-0.39, 0.29) is 35.3 Å². The van der Waals surface area contributed by atoms with E-state index in [9.17, 15) is 14.4 Å².